The van der Waals surface area contributed by atoms with Gasteiger partial charge in [-0.2, -0.15) is 0 Å². The molecule has 7 heteroatoms. The van der Waals surface area contributed by atoms with E-state index in [1.807, 2.05) is 13.2 Å². The van der Waals surface area contributed by atoms with Gasteiger partial charge in [-0.05, 0) is 38.3 Å². The summed E-state index contributed by atoms with van der Waals surface area (Å²) in [5.41, 5.74) is 1.16. The van der Waals surface area contributed by atoms with Gasteiger partial charge < -0.3 is 24.6 Å². The summed E-state index contributed by atoms with van der Waals surface area (Å²) in [5.74, 6) is 1.98. The van der Waals surface area contributed by atoms with Gasteiger partial charge in [0, 0.05) is 52.6 Å². The van der Waals surface area contributed by atoms with Gasteiger partial charge in [-0.25, -0.2) is 4.98 Å². The van der Waals surface area contributed by atoms with Crippen LogP contribution < -0.4 is 10.2 Å². The quantitative estimate of drug-likeness (QED) is 0.626. The van der Waals surface area contributed by atoms with Crippen LogP contribution in [0.1, 0.15) is 32.3 Å². The predicted molar refractivity (Wildman–Crippen MR) is 108 cm³/mol. The molecule has 1 atom stereocenters. The molecule has 1 N–H and O–H groups in total. The molecule has 3 heterocycles. The Labute approximate surface area is 162 Å². The van der Waals surface area contributed by atoms with Gasteiger partial charge in [0.25, 0.3) is 0 Å². The number of anilines is 1. The predicted octanol–water partition coefficient (Wildman–Crippen LogP) is 1.88. The van der Waals surface area contributed by atoms with Crippen LogP contribution in [0.2, 0.25) is 0 Å². The summed E-state index contributed by atoms with van der Waals surface area (Å²) < 4.78 is 11.3. The highest BCUT2D eigenvalue weighted by Crippen LogP contribution is 2.16. The normalized spacial score (nSPS) is 22.2. The minimum absolute atomic E-state index is 0.261. The largest absolute Gasteiger partial charge is 0.378 e. The zero-order valence-electron chi connectivity index (χ0n) is 16.9. The number of guanidine groups is 1. The van der Waals surface area contributed by atoms with Crippen LogP contribution in [0.3, 0.4) is 0 Å². The highest BCUT2D eigenvalue weighted by atomic mass is 16.5. The Bertz CT molecular complexity index is 599. The first-order valence-corrected chi connectivity index (χ1v) is 10.1. The van der Waals surface area contributed by atoms with Crippen LogP contribution in [-0.4, -0.2) is 74.5 Å². The minimum atomic E-state index is 0.261. The molecule has 2 fully saturated rings. The molecule has 2 saturated heterocycles. The molecule has 2 aliphatic rings. The maximum atomic E-state index is 5.73. The molecule has 1 aromatic rings. The zero-order chi connectivity index (χ0) is 19.1. The first-order valence-electron chi connectivity index (χ1n) is 10.1. The van der Waals surface area contributed by atoms with Crippen LogP contribution in [0, 0.1) is 0 Å². The fourth-order valence-corrected chi connectivity index (χ4v) is 3.72. The molecule has 0 spiro atoms. The van der Waals surface area contributed by atoms with E-state index in [2.05, 4.69) is 51.1 Å². The van der Waals surface area contributed by atoms with E-state index in [9.17, 15) is 0 Å². The van der Waals surface area contributed by atoms with Gasteiger partial charge in [-0.3, -0.25) is 4.99 Å². The molecule has 1 unspecified atom stereocenters. The molecule has 0 radical (unpaired) electrons. The first kappa shape index (κ1) is 19.9. The lowest BCUT2D eigenvalue weighted by atomic mass is 10.1. The number of aromatic nitrogens is 1. The van der Waals surface area contributed by atoms with Crippen LogP contribution in [-0.2, 0) is 16.0 Å². The van der Waals surface area contributed by atoms with Crippen molar-refractivity contribution in [1.29, 1.82) is 0 Å². The third kappa shape index (κ3) is 5.56. The molecular weight excluding hydrogens is 342 g/mol. The number of aliphatic imine (C=N–C) groups is 1. The summed E-state index contributed by atoms with van der Waals surface area (Å²) in [6, 6.07) is 4.25. The molecule has 0 aromatic carbocycles. The van der Waals surface area contributed by atoms with E-state index in [4.69, 9.17) is 9.47 Å². The Hall–Kier alpha value is -1.86. The number of nitrogens with zero attached hydrogens (tertiary/aromatic N) is 4. The number of ether oxygens (including phenoxy) is 2. The van der Waals surface area contributed by atoms with Crippen molar-refractivity contribution in [1.82, 2.24) is 15.2 Å². The molecule has 0 aliphatic carbocycles. The highest BCUT2D eigenvalue weighted by Gasteiger charge is 2.21. The van der Waals surface area contributed by atoms with Crippen LogP contribution in [0.5, 0.6) is 0 Å². The maximum Gasteiger partial charge on any atom is 0.193 e. The minimum Gasteiger partial charge on any atom is -0.378 e. The molecule has 1 aromatic heterocycles. The van der Waals surface area contributed by atoms with Crippen molar-refractivity contribution in [2.75, 3.05) is 51.3 Å². The van der Waals surface area contributed by atoms with Gasteiger partial charge >= 0.3 is 0 Å². The third-order valence-corrected chi connectivity index (χ3v) is 5.18. The van der Waals surface area contributed by atoms with E-state index < -0.39 is 0 Å². The monoisotopic (exact) mass is 375 g/mol. The van der Waals surface area contributed by atoms with Crippen molar-refractivity contribution in [2.24, 2.45) is 4.99 Å². The van der Waals surface area contributed by atoms with Crippen molar-refractivity contribution < 1.29 is 9.47 Å². The number of hydrogen-bond donors (Lipinski definition) is 1. The van der Waals surface area contributed by atoms with Crippen LogP contribution in [0.15, 0.2) is 23.3 Å². The summed E-state index contributed by atoms with van der Waals surface area (Å²) in [5, 5.41) is 3.47. The number of nitrogens with one attached hydrogen (secondary N) is 1. The summed E-state index contributed by atoms with van der Waals surface area (Å²) >= 11 is 0. The first-order chi connectivity index (χ1) is 13.2. The number of morpholine rings is 1. The van der Waals surface area contributed by atoms with E-state index in [1.165, 1.54) is 0 Å². The molecule has 0 amide bonds. The molecule has 3 rings (SSSR count). The average Bonchev–Trinajstić information content (AvgIpc) is 2.70. The van der Waals surface area contributed by atoms with E-state index in [-0.39, 0.29) is 6.10 Å². The van der Waals surface area contributed by atoms with Gasteiger partial charge in [-0.15, -0.1) is 0 Å². The number of rotatable bonds is 5. The van der Waals surface area contributed by atoms with E-state index in [0.717, 1.165) is 76.1 Å². The summed E-state index contributed by atoms with van der Waals surface area (Å²) in [6.45, 7) is 10.2. The zero-order valence-corrected chi connectivity index (χ0v) is 16.9. The van der Waals surface area contributed by atoms with Gasteiger partial charge in [0.05, 0.1) is 18.8 Å². The van der Waals surface area contributed by atoms with E-state index in [0.29, 0.717) is 6.10 Å². The van der Waals surface area contributed by atoms with Crippen molar-refractivity contribution >= 4 is 11.8 Å². The highest BCUT2D eigenvalue weighted by molar-refractivity contribution is 5.79. The van der Waals surface area contributed by atoms with E-state index >= 15 is 0 Å². The van der Waals surface area contributed by atoms with Gasteiger partial charge in [0.1, 0.15) is 5.82 Å². The molecular formula is C20H33N5O2. The van der Waals surface area contributed by atoms with Crippen LogP contribution >= 0.6 is 0 Å². The van der Waals surface area contributed by atoms with Crippen molar-refractivity contribution in [2.45, 2.75) is 45.4 Å². The Morgan fingerprint density at radius 1 is 1.33 bits per heavy atom. The third-order valence-electron chi connectivity index (χ3n) is 5.18. The lowest BCUT2D eigenvalue weighted by Gasteiger charge is -2.34. The fraction of sp³-hybridized carbons (Fsp3) is 0.700. The van der Waals surface area contributed by atoms with Crippen molar-refractivity contribution in [3.63, 3.8) is 0 Å². The maximum absolute atomic E-state index is 5.73. The smallest absolute Gasteiger partial charge is 0.193 e. The second-order valence-corrected chi connectivity index (χ2v) is 7.19. The topological polar surface area (TPSA) is 62.2 Å². The second kappa shape index (κ2) is 9.90. The SMILES string of the molecule is CCOC1CCN(C(=NC)NCc2ccc(N3CCOC(C)C3)nc2)CC1. The Kier molecular flexibility index (Phi) is 7.29. The standard InChI is InChI=1S/C20H33N5O2/c1-4-26-18-7-9-24(10-8-18)20(21-3)23-14-17-5-6-19(22-13-17)25-11-12-27-16(2)15-25/h5-6,13,16,18H,4,7-12,14-15H2,1-3H3,(H,21,23). The Morgan fingerprint density at radius 3 is 2.78 bits per heavy atom. The number of piperidine rings is 1. The Morgan fingerprint density at radius 2 is 2.15 bits per heavy atom. The van der Waals surface area contributed by atoms with Crippen molar-refractivity contribution in [3.8, 4) is 0 Å². The average molecular weight is 376 g/mol. The lowest BCUT2D eigenvalue weighted by Crippen LogP contribution is -2.46. The Balaban J connectivity index is 1.48. The van der Waals surface area contributed by atoms with Crippen LogP contribution in [0.25, 0.3) is 0 Å². The van der Waals surface area contributed by atoms with E-state index in [1.54, 1.807) is 0 Å². The lowest BCUT2D eigenvalue weighted by molar-refractivity contribution is 0.0263. The van der Waals surface area contributed by atoms with Crippen molar-refractivity contribution in [3.05, 3.63) is 23.9 Å². The van der Waals surface area contributed by atoms with Crippen LogP contribution in [0.4, 0.5) is 5.82 Å². The molecule has 0 saturated carbocycles. The van der Waals surface area contributed by atoms with Gasteiger partial charge in [-0.1, -0.05) is 6.07 Å². The second-order valence-electron chi connectivity index (χ2n) is 7.19. The molecule has 7 nitrogen and oxygen atoms in total. The molecule has 0 bridgehead atoms. The number of pyridine rings is 1. The fourth-order valence-electron chi connectivity index (χ4n) is 3.72. The summed E-state index contributed by atoms with van der Waals surface area (Å²) in [4.78, 5) is 13.7. The number of likely N-dealkylation sites (tertiary alicyclic amines) is 1. The van der Waals surface area contributed by atoms with Gasteiger partial charge in [0.2, 0.25) is 0 Å². The number of hydrogen-bond acceptors (Lipinski definition) is 5. The molecule has 150 valence electrons. The molecule has 2 aliphatic heterocycles. The summed E-state index contributed by atoms with van der Waals surface area (Å²) in [6.07, 6.45) is 4.73. The summed E-state index contributed by atoms with van der Waals surface area (Å²) in [7, 11) is 1.85. The molecule has 27 heavy (non-hydrogen) atoms. The van der Waals surface area contributed by atoms with Gasteiger partial charge in [0.15, 0.2) is 5.96 Å².